The number of nitrogens with one attached hydrogen (secondary N) is 1. The number of carbonyl (C=O) groups is 2. The Hall–Kier alpha value is -2.74. The summed E-state index contributed by atoms with van der Waals surface area (Å²) in [4.78, 5) is 28.4. The van der Waals surface area contributed by atoms with E-state index in [0.717, 1.165) is 12.0 Å². The molecule has 0 bridgehead atoms. The molecule has 0 radical (unpaired) electrons. The lowest BCUT2D eigenvalue weighted by atomic mass is 9.82. The molecular weight excluding hydrogens is 427 g/mol. The molecule has 1 fully saturated rings. The van der Waals surface area contributed by atoms with Gasteiger partial charge in [-0.3, -0.25) is 14.6 Å². The number of halogens is 2. The zero-order valence-corrected chi connectivity index (χ0v) is 16.5. The van der Waals surface area contributed by atoms with Gasteiger partial charge in [0.15, 0.2) is 0 Å². The van der Waals surface area contributed by atoms with Crippen LogP contribution in [0.25, 0.3) is 16.6 Å². The van der Waals surface area contributed by atoms with Gasteiger partial charge in [0.25, 0.3) is 11.8 Å². The minimum Gasteiger partial charge on any atom is -0.366 e. The van der Waals surface area contributed by atoms with Crippen molar-refractivity contribution in [2.75, 3.05) is 6.54 Å². The zero-order valence-electron chi connectivity index (χ0n) is 14.9. The van der Waals surface area contributed by atoms with Crippen molar-refractivity contribution < 1.29 is 14.0 Å². The van der Waals surface area contributed by atoms with Crippen molar-refractivity contribution >= 4 is 33.3 Å². The second-order valence-electron chi connectivity index (χ2n) is 7.00. The van der Waals surface area contributed by atoms with E-state index in [-0.39, 0.29) is 12.5 Å². The van der Waals surface area contributed by atoms with Crippen LogP contribution in [0.1, 0.15) is 40.0 Å². The normalized spacial score (nSPS) is 15.2. The second kappa shape index (κ2) is 7.01. The van der Waals surface area contributed by atoms with E-state index in [1.807, 2.05) is 0 Å². The molecule has 1 aromatic carbocycles. The average Bonchev–Trinajstić information content (AvgIpc) is 2.98. The Balaban J connectivity index is 1.64. The van der Waals surface area contributed by atoms with Crippen LogP contribution in [0.5, 0.6) is 0 Å². The van der Waals surface area contributed by atoms with Crippen LogP contribution in [0, 0.1) is 0 Å². The number of fused-ring (bicyclic) bond motifs is 1. The lowest BCUT2D eigenvalue weighted by Gasteiger charge is -2.33. The van der Waals surface area contributed by atoms with Crippen molar-refractivity contribution in [2.24, 2.45) is 5.73 Å². The second-order valence-corrected chi connectivity index (χ2v) is 7.75. The fourth-order valence-electron chi connectivity index (χ4n) is 3.45. The number of primary amides is 1. The van der Waals surface area contributed by atoms with Crippen LogP contribution in [0.3, 0.4) is 0 Å². The van der Waals surface area contributed by atoms with Crippen molar-refractivity contribution in [2.45, 2.75) is 24.9 Å². The molecule has 6 nitrogen and oxygen atoms in total. The molecule has 144 valence electrons. The predicted molar refractivity (Wildman–Crippen MR) is 107 cm³/mol. The van der Waals surface area contributed by atoms with Gasteiger partial charge in [0, 0.05) is 23.5 Å². The summed E-state index contributed by atoms with van der Waals surface area (Å²) in [7, 11) is 0. The fraction of sp³-hybridized carbons (Fsp3) is 0.250. The zero-order chi connectivity index (χ0) is 19.9. The van der Waals surface area contributed by atoms with E-state index in [9.17, 15) is 14.0 Å². The number of alkyl halides is 1. The molecule has 2 aromatic heterocycles. The Labute approximate surface area is 169 Å². The van der Waals surface area contributed by atoms with Crippen LogP contribution in [-0.2, 0) is 0 Å². The number of nitrogens with two attached hydrogens (primary N) is 1. The molecule has 1 aliphatic carbocycles. The third kappa shape index (κ3) is 3.17. The van der Waals surface area contributed by atoms with Gasteiger partial charge in [-0.2, -0.15) is 0 Å². The van der Waals surface area contributed by atoms with Crippen LogP contribution < -0.4 is 11.1 Å². The lowest BCUT2D eigenvalue weighted by Crippen LogP contribution is -2.44. The number of aromatic nitrogens is 2. The number of hydrogen-bond donors (Lipinski definition) is 2. The van der Waals surface area contributed by atoms with Gasteiger partial charge in [0.05, 0.1) is 28.4 Å². The summed E-state index contributed by atoms with van der Waals surface area (Å²) in [6.45, 7) is 0.0306. The van der Waals surface area contributed by atoms with Crippen molar-refractivity contribution in [3.8, 4) is 11.1 Å². The molecule has 0 unspecified atom stereocenters. The molecule has 0 saturated heterocycles. The van der Waals surface area contributed by atoms with E-state index in [1.165, 1.54) is 0 Å². The van der Waals surface area contributed by atoms with E-state index >= 15 is 0 Å². The highest BCUT2D eigenvalue weighted by molar-refractivity contribution is 9.10. The fourth-order valence-corrected chi connectivity index (χ4v) is 4.18. The Kier molecular flexibility index (Phi) is 4.66. The molecular formula is C20H18BrFN4O2. The first-order chi connectivity index (χ1) is 13.4. The molecule has 3 N–H and O–H groups in total. The van der Waals surface area contributed by atoms with Gasteiger partial charge in [-0.25, -0.2) is 4.39 Å². The van der Waals surface area contributed by atoms with Gasteiger partial charge >= 0.3 is 0 Å². The van der Waals surface area contributed by atoms with E-state index in [0.29, 0.717) is 39.7 Å². The summed E-state index contributed by atoms with van der Waals surface area (Å²) < 4.78 is 16.5. The summed E-state index contributed by atoms with van der Waals surface area (Å²) in [6.07, 6.45) is 6.76. The Bertz CT molecular complexity index is 1070. The number of rotatable bonds is 5. The van der Waals surface area contributed by atoms with Crippen LogP contribution in [0.15, 0.2) is 47.5 Å². The van der Waals surface area contributed by atoms with E-state index in [2.05, 4.69) is 26.2 Å². The highest BCUT2D eigenvalue weighted by Gasteiger charge is 2.37. The molecule has 2 heterocycles. The lowest BCUT2D eigenvalue weighted by molar-refractivity contribution is 0.0577. The average molecular weight is 445 g/mol. The van der Waals surface area contributed by atoms with Crippen LogP contribution in [0.4, 0.5) is 4.39 Å². The third-order valence-electron chi connectivity index (χ3n) is 5.18. The van der Waals surface area contributed by atoms with Crippen LogP contribution in [0.2, 0.25) is 0 Å². The van der Waals surface area contributed by atoms with Gasteiger partial charge in [-0.05, 0) is 52.9 Å². The smallest absolute Gasteiger partial charge is 0.251 e. The van der Waals surface area contributed by atoms with Gasteiger partial charge in [0.1, 0.15) is 5.67 Å². The van der Waals surface area contributed by atoms with E-state index in [1.54, 1.807) is 47.3 Å². The molecule has 0 spiro atoms. The molecule has 0 aliphatic heterocycles. The molecule has 0 atom stereocenters. The van der Waals surface area contributed by atoms with Gasteiger partial charge < -0.3 is 15.5 Å². The molecule has 4 rings (SSSR count). The summed E-state index contributed by atoms with van der Waals surface area (Å²) in [5, 5.41) is 2.65. The summed E-state index contributed by atoms with van der Waals surface area (Å²) in [5.74, 6) is -0.891. The van der Waals surface area contributed by atoms with Gasteiger partial charge in [0.2, 0.25) is 0 Å². The molecule has 1 aliphatic rings. The van der Waals surface area contributed by atoms with Crippen LogP contribution >= 0.6 is 15.9 Å². The number of benzene rings is 1. The summed E-state index contributed by atoms with van der Waals surface area (Å²) in [6, 6.07) is 6.77. The van der Waals surface area contributed by atoms with E-state index in [4.69, 9.17) is 5.73 Å². The highest BCUT2D eigenvalue weighted by atomic mass is 79.9. The van der Waals surface area contributed by atoms with Gasteiger partial charge in [-0.1, -0.05) is 12.1 Å². The molecule has 8 heteroatoms. The van der Waals surface area contributed by atoms with Crippen LogP contribution in [-0.4, -0.2) is 33.4 Å². The first-order valence-corrected chi connectivity index (χ1v) is 9.70. The summed E-state index contributed by atoms with van der Waals surface area (Å²) >= 11 is 3.52. The van der Waals surface area contributed by atoms with E-state index < -0.39 is 11.6 Å². The first kappa shape index (κ1) is 18.6. The molecule has 3 aromatic rings. The standard InChI is InChI=1S/C20H18BrFN4O2/c21-17-15(16(18(23)27)14-10-24-8-9-26(14)17)12-2-4-13(5-3-12)19(28)25-11-20(22)6-1-7-20/h2-5,8-10H,1,6-7,11H2,(H2,23,27)(H,25,28). The minimum atomic E-state index is -1.27. The van der Waals surface area contributed by atoms with Crippen molar-refractivity contribution in [3.63, 3.8) is 0 Å². The predicted octanol–water partition coefficient (Wildman–Crippen LogP) is 3.48. The Morgan fingerprint density at radius 3 is 2.61 bits per heavy atom. The monoisotopic (exact) mass is 444 g/mol. The van der Waals surface area contributed by atoms with Crippen molar-refractivity contribution in [1.82, 2.24) is 14.7 Å². The van der Waals surface area contributed by atoms with Gasteiger partial charge in [-0.15, -0.1) is 0 Å². The Morgan fingerprint density at radius 1 is 1.29 bits per heavy atom. The maximum absolute atomic E-state index is 14.1. The SMILES string of the molecule is NC(=O)c1c(-c2ccc(C(=O)NCC3(F)CCC3)cc2)c(Br)n2ccncc12. The quantitative estimate of drug-likeness (QED) is 0.630. The number of hydrogen-bond acceptors (Lipinski definition) is 3. The number of carbonyl (C=O) groups excluding carboxylic acids is 2. The van der Waals surface area contributed by atoms with Crippen molar-refractivity contribution in [1.29, 1.82) is 0 Å². The maximum Gasteiger partial charge on any atom is 0.251 e. The number of amides is 2. The van der Waals surface area contributed by atoms with Crippen molar-refractivity contribution in [3.05, 3.63) is 58.6 Å². The highest BCUT2D eigenvalue weighted by Crippen LogP contribution is 2.37. The Morgan fingerprint density at radius 2 is 2.00 bits per heavy atom. The topological polar surface area (TPSA) is 89.5 Å². The number of nitrogens with zero attached hydrogens (tertiary/aromatic N) is 2. The molecule has 2 amide bonds. The minimum absolute atomic E-state index is 0.0306. The molecule has 1 saturated carbocycles. The molecule has 28 heavy (non-hydrogen) atoms. The largest absolute Gasteiger partial charge is 0.366 e. The summed E-state index contributed by atoms with van der Waals surface area (Å²) in [5.41, 5.74) is 7.06. The third-order valence-corrected chi connectivity index (χ3v) is 5.96. The first-order valence-electron chi connectivity index (χ1n) is 8.90. The maximum atomic E-state index is 14.1.